The minimum Gasteiger partial charge on any atom is -0.394 e. The van der Waals surface area contributed by atoms with Crippen LogP contribution in [0.15, 0.2) is 0 Å². The first-order valence-corrected chi connectivity index (χ1v) is 5.84. The van der Waals surface area contributed by atoms with Gasteiger partial charge >= 0.3 is 0 Å². The summed E-state index contributed by atoms with van der Waals surface area (Å²) in [7, 11) is 0. The molecule has 1 amide bonds. The maximum atomic E-state index is 11.6. The Morgan fingerprint density at radius 2 is 2.38 bits per heavy atom. The highest BCUT2D eigenvalue weighted by Crippen LogP contribution is 2.12. The van der Waals surface area contributed by atoms with Gasteiger partial charge in [-0.25, -0.2) is 0 Å². The van der Waals surface area contributed by atoms with E-state index in [0.29, 0.717) is 17.0 Å². The molecule has 0 aromatic carbocycles. The van der Waals surface area contributed by atoms with E-state index >= 15 is 0 Å². The number of hydrogen-bond acceptors (Lipinski definition) is 6. The van der Waals surface area contributed by atoms with Crippen molar-refractivity contribution < 1.29 is 15.0 Å². The summed E-state index contributed by atoms with van der Waals surface area (Å²) in [6, 6.07) is 0. The third kappa shape index (κ3) is 3.51. The van der Waals surface area contributed by atoms with Crippen LogP contribution in [0.1, 0.15) is 28.7 Å². The van der Waals surface area contributed by atoms with E-state index < -0.39 is 6.10 Å². The van der Waals surface area contributed by atoms with Crippen molar-refractivity contribution in [2.45, 2.75) is 25.9 Å². The predicted octanol–water partition coefficient (Wildman–Crippen LogP) is -0.426. The number of aliphatic hydroxyl groups is 2. The summed E-state index contributed by atoms with van der Waals surface area (Å²) in [5, 5.41) is 24.1. The number of aliphatic hydroxyl groups excluding tert-OH is 2. The first-order valence-electron chi connectivity index (χ1n) is 5.07. The summed E-state index contributed by atoms with van der Waals surface area (Å²) in [6.45, 7) is 1.65. The van der Waals surface area contributed by atoms with Crippen molar-refractivity contribution in [3.8, 4) is 0 Å². The largest absolute Gasteiger partial charge is 0.394 e. The molecule has 1 aromatic heterocycles. The lowest BCUT2D eigenvalue weighted by Gasteiger charge is -2.08. The first-order chi connectivity index (χ1) is 7.69. The summed E-state index contributed by atoms with van der Waals surface area (Å²) >= 11 is 1.04. The molecule has 16 heavy (non-hydrogen) atoms. The Labute approximate surface area is 97.5 Å². The van der Waals surface area contributed by atoms with Gasteiger partial charge in [0.15, 0.2) is 0 Å². The minimum absolute atomic E-state index is 0.0266. The SMILES string of the molecule is CCCc1nnsc1C(=O)NCC(O)CO. The van der Waals surface area contributed by atoms with E-state index in [4.69, 9.17) is 10.2 Å². The van der Waals surface area contributed by atoms with Gasteiger partial charge in [0.1, 0.15) is 4.88 Å². The number of amides is 1. The van der Waals surface area contributed by atoms with Crippen LogP contribution in [0.3, 0.4) is 0 Å². The lowest BCUT2D eigenvalue weighted by atomic mass is 10.2. The third-order valence-electron chi connectivity index (χ3n) is 1.96. The maximum absolute atomic E-state index is 11.6. The van der Waals surface area contributed by atoms with E-state index in [1.54, 1.807) is 0 Å². The topological polar surface area (TPSA) is 95.3 Å². The number of aromatic nitrogens is 2. The van der Waals surface area contributed by atoms with Crippen LogP contribution in [-0.4, -0.2) is 45.0 Å². The van der Waals surface area contributed by atoms with E-state index in [0.717, 1.165) is 18.0 Å². The Balaban J connectivity index is 2.55. The maximum Gasteiger partial charge on any atom is 0.265 e. The van der Waals surface area contributed by atoms with Crippen LogP contribution >= 0.6 is 11.5 Å². The van der Waals surface area contributed by atoms with Gasteiger partial charge in [-0.1, -0.05) is 17.8 Å². The third-order valence-corrected chi connectivity index (χ3v) is 2.72. The highest BCUT2D eigenvalue weighted by Gasteiger charge is 2.16. The molecule has 90 valence electrons. The van der Waals surface area contributed by atoms with Gasteiger partial charge in [0.05, 0.1) is 18.4 Å². The predicted molar refractivity (Wildman–Crippen MR) is 59.3 cm³/mol. The quantitative estimate of drug-likeness (QED) is 0.632. The summed E-state index contributed by atoms with van der Waals surface area (Å²) in [4.78, 5) is 12.1. The molecule has 0 bridgehead atoms. The van der Waals surface area contributed by atoms with E-state index in [1.165, 1.54) is 0 Å². The number of aryl methyl sites for hydroxylation is 1. The summed E-state index contributed by atoms with van der Waals surface area (Å²) in [5.41, 5.74) is 0.684. The molecule has 0 aliphatic rings. The van der Waals surface area contributed by atoms with E-state index in [1.807, 2.05) is 6.92 Å². The molecule has 0 fully saturated rings. The first kappa shape index (κ1) is 13.0. The molecule has 1 unspecified atom stereocenters. The van der Waals surface area contributed by atoms with E-state index in [2.05, 4.69) is 14.9 Å². The van der Waals surface area contributed by atoms with Crippen molar-refractivity contribution in [2.75, 3.05) is 13.2 Å². The molecular formula is C9H15N3O3S. The number of rotatable bonds is 6. The zero-order valence-electron chi connectivity index (χ0n) is 9.01. The van der Waals surface area contributed by atoms with Crippen LogP contribution in [0.4, 0.5) is 0 Å². The molecule has 1 heterocycles. The van der Waals surface area contributed by atoms with Gasteiger partial charge in [-0.3, -0.25) is 4.79 Å². The number of carbonyl (C=O) groups is 1. The summed E-state index contributed by atoms with van der Waals surface area (Å²) in [5.74, 6) is -0.300. The van der Waals surface area contributed by atoms with Crippen LogP contribution in [0.2, 0.25) is 0 Å². The lowest BCUT2D eigenvalue weighted by molar-refractivity contribution is 0.0804. The van der Waals surface area contributed by atoms with Gasteiger partial charge in [0.2, 0.25) is 0 Å². The molecule has 6 nitrogen and oxygen atoms in total. The van der Waals surface area contributed by atoms with E-state index in [9.17, 15) is 4.79 Å². The molecule has 3 N–H and O–H groups in total. The minimum atomic E-state index is -0.931. The van der Waals surface area contributed by atoms with Crippen molar-refractivity contribution in [1.29, 1.82) is 0 Å². The molecule has 0 saturated heterocycles. The van der Waals surface area contributed by atoms with Gasteiger partial charge in [0.25, 0.3) is 5.91 Å². The molecule has 0 saturated carbocycles. The molecular weight excluding hydrogens is 230 g/mol. The fraction of sp³-hybridized carbons (Fsp3) is 0.667. The molecule has 1 rings (SSSR count). The molecule has 7 heteroatoms. The monoisotopic (exact) mass is 245 g/mol. The number of nitrogens with zero attached hydrogens (tertiary/aromatic N) is 2. The summed E-state index contributed by atoms with van der Waals surface area (Å²) in [6.07, 6.45) is 0.673. The second kappa shape index (κ2) is 6.51. The highest BCUT2D eigenvalue weighted by atomic mass is 32.1. The van der Waals surface area contributed by atoms with Gasteiger partial charge in [0, 0.05) is 6.54 Å². The molecule has 0 aliphatic heterocycles. The van der Waals surface area contributed by atoms with Crippen LogP contribution in [0.5, 0.6) is 0 Å². The summed E-state index contributed by atoms with van der Waals surface area (Å²) < 4.78 is 3.73. The number of carbonyl (C=O) groups excluding carboxylic acids is 1. The fourth-order valence-electron chi connectivity index (χ4n) is 1.14. The Bertz CT molecular complexity index is 342. The Kier molecular flexibility index (Phi) is 5.30. The van der Waals surface area contributed by atoms with Crippen molar-refractivity contribution in [2.24, 2.45) is 0 Å². The second-order valence-corrected chi connectivity index (χ2v) is 4.10. The molecule has 1 atom stereocenters. The van der Waals surface area contributed by atoms with Crippen molar-refractivity contribution in [3.63, 3.8) is 0 Å². The Morgan fingerprint density at radius 1 is 1.62 bits per heavy atom. The van der Waals surface area contributed by atoms with Crippen LogP contribution in [0, 0.1) is 0 Å². The normalized spacial score (nSPS) is 12.4. The molecule has 0 aliphatic carbocycles. The molecule has 0 spiro atoms. The Hall–Kier alpha value is -1.05. The van der Waals surface area contributed by atoms with Gasteiger partial charge in [-0.15, -0.1) is 5.10 Å². The van der Waals surface area contributed by atoms with Crippen LogP contribution < -0.4 is 5.32 Å². The lowest BCUT2D eigenvalue weighted by Crippen LogP contribution is -2.33. The van der Waals surface area contributed by atoms with Gasteiger partial charge in [-0.05, 0) is 18.0 Å². The molecule has 0 radical (unpaired) electrons. The van der Waals surface area contributed by atoms with Crippen LogP contribution in [-0.2, 0) is 6.42 Å². The Morgan fingerprint density at radius 3 is 3.00 bits per heavy atom. The van der Waals surface area contributed by atoms with Gasteiger partial charge in [-0.2, -0.15) is 0 Å². The van der Waals surface area contributed by atoms with Crippen molar-refractivity contribution in [1.82, 2.24) is 14.9 Å². The zero-order valence-corrected chi connectivity index (χ0v) is 9.83. The van der Waals surface area contributed by atoms with Crippen molar-refractivity contribution in [3.05, 3.63) is 10.6 Å². The van der Waals surface area contributed by atoms with Gasteiger partial charge < -0.3 is 15.5 Å². The fourth-order valence-corrected chi connectivity index (χ4v) is 1.76. The van der Waals surface area contributed by atoms with Crippen molar-refractivity contribution >= 4 is 17.4 Å². The highest BCUT2D eigenvalue weighted by molar-refractivity contribution is 7.08. The number of nitrogens with one attached hydrogen (secondary N) is 1. The zero-order chi connectivity index (χ0) is 12.0. The standard InChI is InChI=1S/C9H15N3O3S/c1-2-3-7-8(16-12-11-7)9(15)10-4-6(14)5-13/h6,13-14H,2-5H2,1H3,(H,10,15). The molecule has 1 aromatic rings. The van der Waals surface area contributed by atoms with Crippen LogP contribution in [0.25, 0.3) is 0 Å². The average molecular weight is 245 g/mol. The number of hydrogen-bond donors (Lipinski definition) is 3. The average Bonchev–Trinajstić information content (AvgIpc) is 2.74. The smallest absolute Gasteiger partial charge is 0.265 e. The van der Waals surface area contributed by atoms with E-state index in [-0.39, 0.29) is 19.1 Å². The second-order valence-electron chi connectivity index (χ2n) is 3.35.